The molecule has 0 saturated heterocycles. The van der Waals surface area contributed by atoms with E-state index in [9.17, 15) is 18.0 Å². The second kappa shape index (κ2) is 8.03. The van der Waals surface area contributed by atoms with E-state index in [2.05, 4.69) is 15.5 Å². The fourth-order valence-electron chi connectivity index (χ4n) is 2.44. The number of nitrogens with one attached hydrogen (secondary N) is 2. The van der Waals surface area contributed by atoms with Gasteiger partial charge in [0.25, 0.3) is 5.91 Å². The molecule has 1 amide bonds. The second-order valence-corrected chi connectivity index (χ2v) is 7.23. The Balaban J connectivity index is 1.86. The smallest absolute Gasteiger partial charge is 0.324 e. The van der Waals surface area contributed by atoms with E-state index < -0.39 is 22.5 Å². The van der Waals surface area contributed by atoms with Crippen LogP contribution in [0.15, 0.2) is 48.5 Å². The maximum Gasteiger partial charge on any atom is 0.416 e. The number of anilines is 1. The highest BCUT2D eigenvalue weighted by Crippen LogP contribution is 2.36. The summed E-state index contributed by atoms with van der Waals surface area (Å²) in [5, 5.41) is 9.50. The molecule has 28 heavy (non-hydrogen) atoms. The second-order valence-electron chi connectivity index (χ2n) is 5.73. The van der Waals surface area contributed by atoms with Crippen LogP contribution in [-0.2, 0) is 11.0 Å². The lowest BCUT2D eigenvalue weighted by atomic mass is 10.1. The van der Waals surface area contributed by atoms with Crippen molar-refractivity contribution in [3.8, 4) is 22.5 Å². The lowest BCUT2D eigenvalue weighted by Crippen LogP contribution is -2.18. The first-order chi connectivity index (χ1) is 13.1. The van der Waals surface area contributed by atoms with Gasteiger partial charge in [-0.05, 0) is 36.4 Å². The van der Waals surface area contributed by atoms with Gasteiger partial charge in [0, 0.05) is 21.8 Å². The standard InChI is InChI=1S/C18H11Cl3F3N3O/c19-13-6-3-10(18(22,23)24)7-12(13)15-8-14(26-27-15)9-1-4-11(5-2-9)25-17(28)16(20)21/h1-8,16H,(H,25,28)(H,26,27). The first-order valence-corrected chi connectivity index (χ1v) is 9.02. The molecule has 0 atom stereocenters. The summed E-state index contributed by atoms with van der Waals surface area (Å²) in [7, 11) is 0. The molecule has 10 heteroatoms. The van der Waals surface area contributed by atoms with E-state index >= 15 is 0 Å². The third-order valence-electron chi connectivity index (χ3n) is 3.81. The Kier molecular flexibility index (Phi) is 5.88. The Hall–Kier alpha value is -2.22. The molecule has 1 heterocycles. The minimum atomic E-state index is -4.48. The average Bonchev–Trinajstić information content (AvgIpc) is 3.11. The number of hydrogen-bond donors (Lipinski definition) is 2. The average molecular weight is 449 g/mol. The molecule has 3 aromatic rings. The van der Waals surface area contributed by atoms with Crippen LogP contribution in [0, 0.1) is 0 Å². The monoisotopic (exact) mass is 447 g/mol. The molecule has 0 unspecified atom stereocenters. The summed E-state index contributed by atoms with van der Waals surface area (Å²) in [6.45, 7) is 0. The molecule has 0 bridgehead atoms. The number of hydrogen-bond acceptors (Lipinski definition) is 2. The summed E-state index contributed by atoms with van der Waals surface area (Å²) in [4.78, 5) is 10.3. The normalized spacial score (nSPS) is 11.7. The number of benzene rings is 2. The van der Waals surface area contributed by atoms with Gasteiger partial charge in [-0.1, -0.05) is 46.9 Å². The molecule has 146 valence electrons. The summed E-state index contributed by atoms with van der Waals surface area (Å²) in [5.74, 6) is -0.558. The van der Waals surface area contributed by atoms with Crippen LogP contribution in [0.5, 0.6) is 0 Å². The zero-order valence-corrected chi connectivity index (χ0v) is 16.1. The largest absolute Gasteiger partial charge is 0.416 e. The van der Waals surface area contributed by atoms with Crippen LogP contribution < -0.4 is 5.32 Å². The Bertz CT molecular complexity index is 1000. The SMILES string of the molecule is O=C(Nc1ccc(-c2cc(-c3cc(C(F)(F)F)ccc3Cl)[nH]n2)cc1)C(Cl)Cl. The molecule has 0 aliphatic carbocycles. The van der Waals surface area contributed by atoms with Crippen LogP contribution in [0.1, 0.15) is 5.56 Å². The molecule has 3 rings (SSSR count). The molecule has 4 nitrogen and oxygen atoms in total. The van der Waals surface area contributed by atoms with Gasteiger partial charge in [-0.2, -0.15) is 18.3 Å². The van der Waals surface area contributed by atoms with Crippen molar-refractivity contribution in [2.24, 2.45) is 0 Å². The maximum atomic E-state index is 12.9. The highest BCUT2D eigenvalue weighted by atomic mass is 35.5. The van der Waals surface area contributed by atoms with E-state index in [0.29, 0.717) is 22.6 Å². The summed E-state index contributed by atoms with van der Waals surface area (Å²) < 4.78 is 38.8. The van der Waals surface area contributed by atoms with Gasteiger partial charge in [-0.15, -0.1) is 0 Å². The van der Waals surface area contributed by atoms with Crippen molar-refractivity contribution in [3.63, 3.8) is 0 Å². The van der Waals surface area contributed by atoms with Crippen LogP contribution in [-0.4, -0.2) is 20.9 Å². The van der Waals surface area contributed by atoms with Gasteiger partial charge in [-0.3, -0.25) is 9.89 Å². The quantitative estimate of drug-likeness (QED) is 0.470. The molecule has 0 spiro atoms. The Morgan fingerprint density at radius 1 is 1.07 bits per heavy atom. The van der Waals surface area contributed by atoms with Gasteiger partial charge in [0.1, 0.15) is 0 Å². The zero-order valence-electron chi connectivity index (χ0n) is 13.8. The van der Waals surface area contributed by atoms with Gasteiger partial charge in [-0.25, -0.2) is 0 Å². The first kappa shape index (κ1) is 20.5. The number of aromatic nitrogens is 2. The van der Waals surface area contributed by atoms with Crippen LogP contribution in [0.2, 0.25) is 5.02 Å². The van der Waals surface area contributed by atoms with Gasteiger partial charge in [0.05, 0.1) is 17.0 Å². The van der Waals surface area contributed by atoms with Crippen molar-refractivity contribution in [1.29, 1.82) is 0 Å². The van der Waals surface area contributed by atoms with Gasteiger partial charge < -0.3 is 5.32 Å². The van der Waals surface area contributed by atoms with Crippen LogP contribution in [0.4, 0.5) is 18.9 Å². The van der Waals surface area contributed by atoms with Crippen molar-refractivity contribution in [2.45, 2.75) is 11.0 Å². The summed E-state index contributed by atoms with van der Waals surface area (Å²) >= 11 is 17.0. The molecule has 0 aliphatic rings. The predicted octanol–water partition coefficient (Wildman–Crippen LogP) is 6.16. The lowest BCUT2D eigenvalue weighted by molar-refractivity contribution is -0.137. The number of nitrogens with zero attached hydrogens (tertiary/aromatic N) is 1. The van der Waals surface area contributed by atoms with Crippen molar-refractivity contribution in [3.05, 3.63) is 59.1 Å². The van der Waals surface area contributed by atoms with E-state index in [-0.39, 0.29) is 10.6 Å². The first-order valence-electron chi connectivity index (χ1n) is 7.77. The lowest BCUT2D eigenvalue weighted by Gasteiger charge is -2.09. The molecule has 0 saturated carbocycles. The Morgan fingerprint density at radius 3 is 2.36 bits per heavy atom. The number of halogens is 6. The number of H-pyrrole nitrogens is 1. The zero-order chi connectivity index (χ0) is 20.5. The van der Waals surface area contributed by atoms with E-state index in [1.807, 2.05) is 0 Å². The summed E-state index contributed by atoms with van der Waals surface area (Å²) in [6.07, 6.45) is -4.48. The van der Waals surface area contributed by atoms with Crippen molar-refractivity contribution in [2.75, 3.05) is 5.32 Å². The third-order valence-corrected chi connectivity index (χ3v) is 4.53. The maximum absolute atomic E-state index is 12.9. The number of rotatable bonds is 4. The Labute approximate surface area is 172 Å². The van der Waals surface area contributed by atoms with Gasteiger partial charge in [0.15, 0.2) is 4.84 Å². The molecule has 0 fully saturated rings. The number of aromatic amines is 1. The predicted molar refractivity (Wildman–Crippen MR) is 104 cm³/mol. The molecular formula is C18H11Cl3F3N3O. The number of alkyl halides is 5. The highest BCUT2D eigenvalue weighted by Gasteiger charge is 2.31. The highest BCUT2D eigenvalue weighted by molar-refractivity contribution is 6.54. The molecule has 2 aromatic carbocycles. The fraction of sp³-hybridized carbons (Fsp3) is 0.111. The number of carbonyl (C=O) groups excluding carboxylic acids is 1. The fourth-order valence-corrected chi connectivity index (χ4v) is 2.77. The summed E-state index contributed by atoms with van der Waals surface area (Å²) in [5.41, 5.74) is 1.38. The third kappa shape index (κ3) is 4.60. The van der Waals surface area contributed by atoms with E-state index in [4.69, 9.17) is 34.8 Å². The minimum Gasteiger partial charge on any atom is -0.324 e. The van der Waals surface area contributed by atoms with E-state index in [1.54, 1.807) is 30.3 Å². The molecule has 1 aromatic heterocycles. The molecular weight excluding hydrogens is 438 g/mol. The van der Waals surface area contributed by atoms with Crippen LogP contribution >= 0.6 is 34.8 Å². The number of amides is 1. The summed E-state index contributed by atoms with van der Waals surface area (Å²) in [6, 6.07) is 11.3. The van der Waals surface area contributed by atoms with Crippen molar-refractivity contribution < 1.29 is 18.0 Å². The Morgan fingerprint density at radius 2 is 1.75 bits per heavy atom. The number of carbonyl (C=O) groups is 1. The minimum absolute atomic E-state index is 0.165. The van der Waals surface area contributed by atoms with E-state index in [0.717, 1.165) is 12.1 Å². The van der Waals surface area contributed by atoms with Crippen LogP contribution in [0.3, 0.4) is 0 Å². The molecule has 0 aliphatic heterocycles. The molecule has 0 radical (unpaired) electrons. The van der Waals surface area contributed by atoms with Gasteiger partial charge >= 0.3 is 6.18 Å². The molecule has 2 N–H and O–H groups in total. The van der Waals surface area contributed by atoms with Crippen molar-refractivity contribution in [1.82, 2.24) is 10.2 Å². The van der Waals surface area contributed by atoms with Gasteiger partial charge in [0.2, 0.25) is 0 Å². The van der Waals surface area contributed by atoms with Crippen LogP contribution in [0.25, 0.3) is 22.5 Å². The van der Waals surface area contributed by atoms with E-state index in [1.165, 1.54) is 6.07 Å². The topological polar surface area (TPSA) is 57.8 Å². The van der Waals surface area contributed by atoms with Crippen molar-refractivity contribution >= 4 is 46.4 Å².